The van der Waals surface area contributed by atoms with Gasteiger partial charge < -0.3 is 10.0 Å². The van der Waals surface area contributed by atoms with Gasteiger partial charge in [-0.05, 0) is 12.8 Å². The molecule has 4 heteroatoms. The molecule has 0 heterocycles. The van der Waals surface area contributed by atoms with Crippen molar-refractivity contribution in [1.29, 1.82) is 0 Å². The predicted molar refractivity (Wildman–Crippen MR) is 65.7 cm³/mol. The van der Waals surface area contributed by atoms with Crippen LogP contribution < -0.4 is 0 Å². The first-order valence-electron chi connectivity index (χ1n) is 6.66. The van der Waals surface area contributed by atoms with Crippen LogP contribution in [0.15, 0.2) is 0 Å². The largest absolute Gasteiger partial charge is 0.481 e. The molecule has 1 saturated carbocycles. The number of carbonyl (C=O) groups is 2. The normalized spacial score (nSPS) is 17.5. The molecule has 4 nitrogen and oxygen atoms in total. The fourth-order valence-electron chi connectivity index (χ4n) is 2.50. The number of aliphatic carboxylic acids is 1. The molecule has 1 aliphatic rings. The van der Waals surface area contributed by atoms with E-state index in [2.05, 4.69) is 0 Å². The Morgan fingerprint density at radius 2 is 1.76 bits per heavy atom. The summed E-state index contributed by atoms with van der Waals surface area (Å²) < 4.78 is 0. The Hall–Kier alpha value is -1.06. The number of carboxylic acids is 1. The summed E-state index contributed by atoms with van der Waals surface area (Å²) in [7, 11) is 0. The molecule has 0 bridgehead atoms. The maximum atomic E-state index is 11.9. The van der Waals surface area contributed by atoms with E-state index in [-0.39, 0.29) is 18.4 Å². The first-order chi connectivity index (χ1) is 8.15. The zero-order valence-electron chi connectivity index (χ0n) is 10.7. The van der Waals surface area contributed by atoms with E-state index < -0.39 is 5.97 Å². The molecular weight excluding hydrogens is 218 g/mol. The van der Waals surface area contributed by atoms with Crippen molar-refractivity contribution in [2.24, 2.45) is 0 Å². The number of nitrogens with zero attached hydrogens (tertiary/aromatic N) is 1. The summed E-state index contributed by atoms with van der Waals surface area (Å²) in [5.74, 6) is -0.731. The first-order valence-corrected chi connectivity index (χ1v) is 6.66. The number of amides is 1. The van der Waals surface area contributed by atoms with Crippen LogP contribution in [-0.4, -0.2) is 34.5 Å². The highest BCUT2D eigenvalue weighted by atomic mass is 16.4. The summed E-state index contributed by atoms with van der Waals surface area (Å²) in [5.41, 5.74) is 0. The van der Waals surface area contributed by atoms with Crippen LogP contribution in [0.25, 0.3) is 0 Å². The lowest BCUT2D eigenvalue weighted by Gasteiger charge is -2.30. The molecule has 1 N–H and O–H groups in total. The van der Waals surface area contributed by atoms with Crippen molar-refractivity contribution in [3.8, 4) is 0 Å². The van der Waals surface area contributed by atoms with Crippen LogP contribution in [0.1, 0.15) is 58.3 Å². The Balaban J connectivity index is 2.59. The van der Waals surface area contributed by atoms with Gasteiger partial charge in [-0.2, -0.15) is 0 Å². The van der Waals surface area contributed by atoms with Crippen LogP contribution in [0.4, 0.5) is 0 Å². The van der Waals surface area contributed by atoms with Crippen molar-refractivity contribution in [2.75, 3.05) is 6.54 Å². The molecule has 0 unspecified atom stereocenters. The number of rotatable bonds is 5. The average molecular weight is 241 g/mol. The lowest BCUT2D eigenvalue weighted by molar-refractivity contribution is -0.139. The lowest BCUT2D eigenvalue weighted by Crippen LogP contribution is -2.41. The van der Waals surface area contributed by atoms with Gasteiger partial charge in [0.15, 0.2) is 0 Å². The van der Waals surface area contributed by atoms with Crippen molar-refractivity contribution in [2.45, 2.75) is 64.3 Å². The quantitative estimate of drug-likeness (QED) is 0.752. The molecule has 0 aromatic carbocycles. The highest BCUT2D eigenvalue weighted by Crippen LogP contribution is 2.22. The SMILES string of the molecule is CCC(=O)N(CCC(=O)O)C1CCCCCC1. The maximum absolute atomic E-state index is 11.9. The molecule has 0 aromatic heterocycles. The number of carbonyl (C=O) groups excluding carboxylic acids is 1. The Kier molecular flexibility index (Phi) is 6.01. The molecule has 0 atom stereocenters. The third kappa shape index (κ3) is 4.75. The van der Waals surface area contributed by atoms with Crippen molar-refractivity contribution in [3.05, 3.63) is 0 Å². The summed E-state index contributed by atoms with van der Waals surface area (Å²) in [6, 6.07) is 0.268. The highest BCUT2D eigenvalue weighted by molar-refractivity contribution is 5.77. The second kappa shape index (κ2) is 7.30. The molecule has 1 amide bonds. The Labute approximate surface area is 103 Å². The minimum Gasteiger partial charge on any atom is -0.481 e. The molecule has 0 radical (unpaired) electrons. The summed E-state index contributed by atoms with van der Waals surface area (Å²) >= 11 is 0. The fourth-order valence-corrected chi connectivity index (χ4v) is 2.50. The van der Waals surface area contributed by atoms with Crippen molar-refractivity contribution in [3.63, 3.8) is 0 Å². The molecule has 98 valence electrons. The third-order valence-corrected chi connectivity index (χ3v) is 3.45. The number of hydrogen-bond acceptors (Lipinski definition) is 2. The van der Waals surface area contributed by atoms with Gasteiger partial charge in [0.05, 0.1) is 6.42 Å². The molecule has 0 saturated heterocycles. The molecule has 0 aromatic rings. The smallest absolute Gasteiger partial charge is 0.305 e. The average Bonchev–Trinajstić information content (AvgIpc) is 2.57. The van der Waals surface area contributed by atoms with Crippen LogP contribution >= 0.6 is 0 Å². The van der Waals surface area contributed by atoms with Crippen molar-refractivity contribution in [1.82, 2.24) is 4.90 Å². The zero-order chi connectivity index (χ0) is 12.7. The second-order valence-corrected chi connectivity index (χ2v) is 4.73. The van der Waals surface area contributed by atoms with E-state index in [0.29, 0.717) is 13.0 Å². The predicted octanol–water partition coefficient (Wildman–Crippen LogP) is 2.42. The standard InChI is InChI=1S/C13H23NO3/c1-2-12(15)14(10-9-13(16)17)11-7-5-3-4-6-8-11/h11H,2-10H2,1H3,(H,16,17). The van der Waals surface area contributed by atoms with E-state index in [1.165, 1.54) is 12.8 Å². The second-order valence-electron chi connectivity index (χ2n) is 4.73. The topological polar surface area (TPSA) is 57.6 Å². The Morgan fingerprint density at radius 1 is 1.18 bits per heavy atom. The van der Waals surface area contributed by atoms with Gasteiger partial charge in [-0.1, -0.05) is 32.6 Å². The monoisotopic (exact) mass is 241 g/mol. The molecular formula is C13H23NO3. The molecule has 1 rings (SSSR count). The summed E-state index contributed by atoms with van der Waals surface area (Å²) in [4.78, 5) is 24.3. The molecule has 1 fully saturated rings. The van der Waals surface area contributed by atoms with Gasteiger partial charge in [0.25, 0.3) is 0 Å². The van der Waals surface area contributed by atoms with Gasteiger partial charge in [0, 0.05) is 19.0 Å². The van der Waals surface area contributed by atoms with Crippen molar-refractivity contribution >= 4 is 11.9 Å². The van der Waals surface area contributed by atoms with E-state index >= 15 is 0 Å². The van der Waals surface area contributed by atoms with E-state index in [1.54, 1.807) is 4.90 Å². The molecule has 17 heavy (non-hydrogen) atoms. The molecule has 1 aliphatic carbocycles. The van der Waals surface area contributed by atoms with Crippen LogP contribution in [0, 0.1) is 0 Å². The van der Waals surface area contributed by atoms with E-state index in [1.807, 2.05) is 6.92 Å². The van der Waals surface area contributed by atoms with Gasteiger partial charge in [0.2, 0.25) is 5.91 Å². The van der Waals surface area contributed by atoms with Gasteiger partial charge in [-0.15, -0.1) is 0 Å². The van der Waals surface area contributed by atoms with Crippen molar-refractivity contribution < 1.29 is 14.7 Å². The zero-order valence-corrected chi connectivity index (χ0v) is 10.7. The summed E-state index contributed by atoms with van der Waals surface area (Å²) in [6.07, 6.45) is 7.39. The summed E-state index contributed by atoms with van der Waals surface area (Å²) in [6.45, 7) is 2.21. The van der Waals surface area contributed by atoms with Gasteiger partial charge in [-0.25, -0.2) is 0 Å². The van der Waals surface area contributed by atoms with Crippen LogP contribution in [0.2, 0.25) is 0 Å². The maximum Gasteiger partial charge on any atom is 0.305 e. The molecule has 0 aliphatic heterocycles. The summed E-state index contributed by atoms with van der Waals surface area (Å²) in [5, 5.41) is 8.73. The van der Waals surface area contributed by atoms with E-state index in [9.17, 15) is 9.59 Å². The lowest BCUT2D eigenvalue weighted by atomic mass is 10.1. The van der Waals surface area contributed by atoms with Crippen LogP contribution in [-0.2, 0) is 9.59 Å². The number of hydrogen-bond donors (Lipinski definition) is 1. The van der Waals surface area contributed by atoms with E-state index in [0.717, 1.165) is 25.7 Å². The number of carboxylic acid groups (broad SMARTS) is 1. The van der Waals surface area contributed by atoms with Crippen LogP contribution in [0.5, 0.6) is 0 Å². The minimum absolute atomic E-state index is 0.0578. The Bertz CT molecular complexity index is 257. The molecule has 0 spiro atoms. The van der Waals surface area contributed by atoms with E-state index in [4.69, 9.17) is 5.11 Å². The highest BCUT2D eigenvalue weighted by Gasteiger charge is 2.23. The van der Waals surface area contributed by atoms with Crippen LogP contribution in [0.3, 0.4) is 0 Å². The fraction of sp³-hybridized carbons (Fsp3) is 0.846. The minimum atomic E-state index is -0.826. The van der Waals surface area contributed by atoms with Gasteiger partial charge in [0.1, 0.15) is 0 Å². The third-order valence-electron chi connectivity index (χ3n) is 3.45. The van der Waals surface area contributed by atoms with Gasteiger partial charge >= 0.3 is 5.97 Å². The Morgan fingerprint density at radius 3 is 2.24 bits per heavy atom. The first kappa shape index (κ1) is 14.0. The van der Waals surface area contributed by atoms with Gasteiger partial charge in [-0.3, -0.25) is 9.59 Å².